The molecule has 0 radical (unpaired) electrons. The first-order valence-corrected chi connectivity index (χ1v) is 14.4. The highest BCUT2D eigenvalue weighted by Crippen LogP contribution is 2.25. The topological polar surface area (TPSA) is 181 Å². The third kappa shape index (κ3) is 7.96. The highest BCUT2D eigenvalue weighted by Gasteiger charge is 2.19. The van der Waals surface area contributed by atoms with Gasteiger partial charge in [0.1, 0.15) is 12.4 Å². The fraction of sp³-hybridized carbons (Fsp3) is 0.387. The average Bonchev–Trinajstić information content (AvgIpc) is 2.97. The van der Waals surface area contributed by atoms with Crippen LogP contribution in [0.25, 0.3) is 11.3 Å². The van der Waals surface area contributed by atoms with Gasteiger partial charge in [-0.3, -0.25) is 24.4 Å². The molecule has 3 aromatic rings. The van der Waals surface area contributed by atoms with E-state index >= 15 is 0 Å². The summed E-state index contributed by atoms with van der Waals surface area (Å²) in [5.74, 6) is -0.0556. The third-order valence-corrected chi connectivity index (χ3v) is 7.33. The maximum atomic E-state index is 13.5. The molecular formula is C31H40N8O3. The van der Waals surface area contributed by atoms with Gasteiger partial charge >= 0.3 is 0 Å². The summed E-state index contributed by atoms with van der Waals surface area (Å²) < 4.78 is 1.34. The highest BCUT2D eigenvalue weighted by molar-refractivity contribution is 5.96. The second kappa shape index (κ2) is 13.8. The second-order valence-corrected chi connectivity index (χ2v) is 11.1. The monoisotopic (exact) mass is 572 g/mol. The Kier molecular flexibility index (Phi) is 9.95. The number of amides is 2. The van der Waals surface area contributed by atoms with Crippen molar-refractivity contribution in [3.8, 4) is 11.3 Å². The molecule has 8 N–H and O–H groups in total. The number of benzene rings is 2. The summed E-state index contributed by atoms with van der Waals surface area (Å²) in [5, 5.41) is 16.4. The molecule has 1 saturated carbocycles. The normalized spacial score (nSPS) is 13.5. The summed E-state index contributed by atoms with van der Waals surface area (Å²) in [6.07, 6.45) is 7.37. The number of rotatable bonds is 11. The van der Waals surface area contributed by atoms with Gasteiger partial charge in [-0.25, -0.2) is 4.98 Å². The molecule has 0 unspecified atom stereocenters. The van der Waals surface area contributed by atoms with Crippen molar-refractivity contribution in [2.75, 3.05) is 17.6 Å². The molecule has 2 aromatic carbocycles. The van der Waals surface area contributed by atoms with Crippen molar-refractivity contribution in [1.29, 1.82) is 5.41 Å². The fourth-order valence-electron chi connectivity index (χ4n) is 5.11. The smallest absolute Gasteiger partial charge is 0.294 e. The summed E-state index contributed by atoms with van der Waals surface area (Å²) in [4.78, 5) is 44.0. The molecule has 1 fully saturated rings. The quantitative estimate of drug-likeness (QED) is 0.116. The van der Waals surface area contributed by atoms with Crippen LogP contribution in [-0.2, 0) is 17.9 Å². The molecule has 0 saturated heterocycles. The number of anilines is 2. The lowest BCUT2D eigenvalue weighted by Crippen LogP contribution is -2.35. The lowest BCUT2D eigenvalue weighted by molar-refractivity contribution is -0.121. The van der Waals surface area contributed by atoms with E-state index in [9.17, 15) is 14.4 Å². The lowest BCUT2D eigenvalue weighted by Gasteiger charge is -2.22. The van der Waals surface area contributed by atoms with E-state index in [-0.39, 0.29) is 42.6 Å². The number of aromatic nitrogens is 2. The van der Waals surface area contributed by atoms with Gasteiger partial charge in [-0.05, 0) is 56.4 Å². The van der Waals surface area contributed by atoms with Gasteiger partial charge < -0.3 is 27.4 Å². The van der Waals surface area contributed by atoms with Crippen LogP contribution in [0.5, 0.6) is 0 Å². The van der Waals surface area contributed by atoms with Crippen LogP contribution in [0.4, 0.5) is 11.5 Å². The zero-order valence-electron chi connectivity index (χ0n) is 24.2. The van der Waals surface area contributed by atoms with Crippen molar-refractivity contribution >= 4 is 29.2 Å². The summed E-state index contributed by atoms with van der Waals surface area (Å²) in [7, 11) is 0. The number of nitrogen functional groups attached to an aromatic ring is 2. The Morgan fingerprint density at radius 3 is 2.43 bits per heavy atom. The van der Waals surface area contributed by atoms with E-state index in [4.69, 9.17) is 16.9 Å². The van der Waals surface area contributed by atoms with Crippen molar-refractivity contribution in [1.82, 2.24) is 20.2 Å². The lowest BCUT2D eigenvalue weighted by atomic mass is 9.89. The van der Waals surface area contributed by atoms with Gasteiger partial charge in [0.2, 0.25) is 5.91 Å². The molecule has 11 nitrogen and oxygen atoms in total. The number of carbonyl (C=O) groups excluding carboxylic acids is 2. The largest absolute Gasteiger partial charge is 0.399 e. The standard InChI is InChI=1S/C31H40N8O3/c1-19(2)38-29-31(42)39(18-27(40)35-15-21-8-10-22(11-9-21)28(33)34)26(17-36-29)23-12-24(14-25(32)13-23)30(41)37-16-20-6-4-3-5-7-20/h8-14,17,19-20H,3-7,15-16,18,32H2,1-2H3,(H3,33,34)(H,35,40)(H,36,38)(H,37,41). The molecule has 1 aliphatic rings. The first kappa shape index (κ1) is 30.3. The van der Waals surface area contributed by atoms with Gasteiger partial charge in [-0.15, -0.1) is 0 Å². The number of carbonyl (C=O) groups is 2. The zero-order chi connectivity index (χ0) is 30.2. The van der Waals surface area contributed by atoms with E-state index < -0.39 is 5.56 Å². The van der Waals surface area contributed by atoms with E-state index in [2.05, 4.69) is 20.9 Å². The van der Waals surface area contributed by atoms with Gasteiger partial charge in [0.05, 0.1) is 11.9 Å². The average molecular weight is 573 g/mol. The van der Waals surface area contributed by atoms with Crippen LogP contribution in [0.15, 0.2) is 53.5 Å². The molecule has 1 aromatic heterocycles. The minimum Gasteiger partial charge on any atom is -0.399 e. The molecule has 222 valence electrons. The molecule has 0 spiro atoms. The molecule has 0 aliphatic heterocycles. The van der Waals surface area contributed by atoms with Crippen LogP contribution in [0.1, 0.15) is 67.4 Å². The number of nitrogens with one attached hydrogen (secondary N) is 4. The molecule has 0 bridgehead atoms. The Labute approximate surface area is 245 Å². The Balaban J connectivity index is 1.57. The van der Waals surface area contributed by atoms with Gasteiger partial charge in [-0.1, -0.05) is 43.5 Å². The minimum absolute atomic E-state index is 0.0348. The van der Waals surface area contributed by atoms with Gasteiger partial charge in [-0.2, -0.15) is 0 Å². The molecule has 11 heteroatoms. The van der Waals surface area contributed by atoms with Gasteiger partial charge in [0.15, 0.2) is 5.82 Å². The minimum atomic E-state index is -0.465. The Morgan fingerprint density at radius 1 is 1.05 bits per heavy atom. The van der Waals surface area contributed by atoms with Gasteiger partial charge in [0.25, 0.3) is 11.5 Å². The van der Waals surface area contributed by atoms with Crippen molar-refractivity contribution in [3.63, 3.8) is 0 Å². The van der Waals surface area contributed by atoms with Crippen LogP contribution >= 0.6 is 0 Å². The third-order valence-electron chi connectivity index (χ3n) is 7.33. The highest BCUT2D eigenvalue weighted by atomic mass is 16.2. The predicted molar refractivity (Wildman–Crippen MR) is 165 cm³/mol. The van der Waals surface area contributed by atoms with Crippen LogP contribution in [0.2, 0.25) is 0 Å². The summed E-state index contributed by atoms with van der Waals surface area (Å²) in [5.41, 5.74) is 14.3. The van der Waals surface area contributed by atoms with E-state index in [0.717, 1.165) is 18.4 Å². The Morgan fingerprint density at radius 2 is 1.76 bits per heavy atom. The number of hydrogen-bond acceptors (Lipinski definition) is 7. The molecule has 0 atom stereocenters. The SMILES string of the molecule is CC(C)Nc1ncc(-c2cc(N)cc(C(=O)NCC3CCCCC3)c2)n(CC(=O)NCc2ccc(C(=N)N)cc2)c1=O. The van der Waals surface area contributed by atoms with Crippen molar-refractivity contribution in [2.45, 2.75) is 65.1 Å². The summed E-state index contributed by atoms with van der Waals surface area (Å²) in [6, 6.07) is 11.9. The Bertz CT molecular complexity index is 1490. The molecule has 2 amide bonds. The number of amidine groups is 1. The molecular weight excluding hydrogens is 532 g/mol. The second-order valence-electron chi connectivity index (χ2n) is 11.1. The first-order chi connectivity index (χ1) is 20.1. The fourth-order valence-corrected chi connectivity index (χ4v) is 5.11. The zero-order valence-corrected chi connectivity index (χ0v) is 24.2. The van der Waals surface area contributed by atoms with E-state index in [1.807, 2.05) is 13.8 Å². The number of nitrogens with two attached hydrogens (primary N) is 2. The molecule has 1 heterocycles. The first-order valence-electron chi connectivity index (χ1n) is 14.4. The Hall–Kier alpha value is -4.67. The van der Waals surface area contributed by atoms with Crippen LogP contribution in [0, 0.1) is 11.3 Å². The van der Waals surface area contributed by atoms with Crippen molar-refractivity contribution in [3.05, 3.63) is 75.7 Å². The van der Waals surface area contributed by atoms with Crippen LogP contribution in [0.3, 0.4) is 0 Å². The molecule has 4 rings (SSSR count). The van der Waals surface area contributed by atoms with Crippen LogP contribution in [-0.4, -0.2) is 39.8 Å². The van der Waals surface area contributed by atoms with E-state index in [1.165, 1.54) is 30.0 Å². The maximum absolute atomic E-state index is 13.5. The van der Waals surface area contributed by atoms with Crippen molar-refractivity contribution < 1.29 is 9.59 Å². The molecule has 42 heavy (non-hydrogen) atoms. The number of nitrogens with zero attached hydrogens (tertiary/aromatic N) is 2. The number of hydrogen-bond donors (Lipinski definition) is 6. The predicted octanol–water partition coefficient (Wildman–Crippen LogP) is 3.22. The van der Waals surface area contributed by atoms with E-state index in [1.54, 1.807) is 42.5 Å². The summed E-state index contributed by atoms with van der Waals surface area (Å²) >= 11 is 0. The van der Waals surface area contributed by atoms with E-state index in [0.29, 0.717) is 40.5 Å². The van der Waals surface area contributed by atoms with Gasteiger partial charge in [0, 0.05) is 41.5 Å². The maximum Gasteiger partial charge on any atom is 0.294 e. The van der Waals surface area contributed by atoms with Crippen LogP contribution < -0.4 is 33.0 Å². The molecule has 1 aliphatic carbocycles. The van der Waals surface area contributed by atoms with Crippen molar-refractivity contribution in [2.24, 2.45) is 11.7 Å². The summed E-state index contributed by atoms with van der Waals surface area (Å²) in [6.45, 7) is 4.35.